The summed E-state index contributed by atoms with van der Waals surface area (Å²) in [6, 6.07) is 6.01. The van der Waals surface area contributed by atoms with Gasteiger partial charge in [-0.05, 0) is 37.8 Å². The first-order valence-electron chi connectivity index (χ1n) is 7.01. The van der Waals surface area contributed by atoms with Gasteiger partial charge in [0.15, 0.2) is 0 Å². The van der Waals surface area contributed by atoms with E-state index in [0.717, 1.165) is 34.9 Å². The Balaban J connectivity index is 1.85. The number of carboxylic acid groups (broad SMARTS) is 1. The Morgan fingerprint density at radius 1 is 1.38 bits per heavy atom. The van der Waals surface area contributed by atoms with Gasteiger partial charge in [0, 0.05) is 15.5 Å². The van der Waals surface area contributed by atoms with Gasteiger partial charge in [0.2, 0.25) is 0 Å². The van der Waals surface area contributed by atoms with Crippen LogP contribution in [0.2, 0.25) is 0 Å². The summed E-state index contributed by atoms with van der Waals surface area (Å²) in [5.41, 5.74) is 1.26. The van der Waals surface area contributed by atoms with E-state index in [1.807, 2.05) is 24.4 Å². The summed E-state index contributed by atoms with van der Waals surface area (Å²) < 4.78 is 1.08. The van der Waals surface area contributed by atoms with E-state index in [2.05, 4.69) is 11.4 Å². The van der Waals surface area contributed by atoms with Crippen molar-refractivity contribution in [2.45, 2.75) is 38.1 Å². The van der Waals surface area contributed by atoms with Crippen LogP contribution in [0.3, 0.4) is 0 Å². The summed E-state index contributed by atoms with van der Waals surface area (Å²) in [4.78, 5) is 23.5. The second-order valence-electron chi connectivity index (χ2n) is 5.81. The maximum absolute atomic E-state index is 12.5. The van der Waals surface area contributed by atoms with Gasteiger partial charge in [-0.25, -0.2) is 0 Å². The van der Waals surface area contributed by atoms with Crippen LogP contribution < -0.4 is 5.32 Å². The number of carboxylic acids is 1. The second-order valence-corrected chi connectivity index (χ2v) is 6.72. The van der Waals surface area contributed by atoms with Gasteiger partial charge in [0.1, 0.15) is 0 Å². The van der Waals surface area contributed by atoms with Crippen molar-refractivity contribution in [2.75, 3.05) is 0 Å². The molecule has 1 fully saturated rings. The second kappa shape index (κ2) is 5.15. The number of nitrogens with one attached hydrogen (secondary N) is 1. The van der Waals surface area contributed by atoms with Gasteiger partial charge in [0.25, 0.3) is 5.91 Å². The predicted molar refractivity (Wildman–Crippen MR) is 82.9 cm³/mol. The first-order chi connectivity index (χ1) is 9.99. The minimum absolute atomic E-state index is 0.0000815. The number of thiophene rings is 1. The topological polar surface area (TPSA) is 66.4 Å². The van der Waals surface area contributed by atoms with Crippen LogP contribution in [0.4, 0.5) is 0 Å². The quantitative estimate of drug-likeness (QED) is 0.910. The van der Waals surface area contributed by atoms with Crippen LogP contribution >= 0.6 is 11.3 Å². The number of carbonyl (C=O) groups is 2. The molecule has 4 nitrogen and oxygen atoms in total. The van der Waals surface area contributed by atoms with Gasteiger partial charge in [-0.2, -0.15) is 0 Å². The number of aryl methyl sites for hydroxylation is 1. The smallest absolute Gasteiger partial charge is 0.305 e. The first kappa shape index (κ1) is 14.1. The Hall–Kier alpha value is -1.88. The molecule has 110 valence electrons. The lowest BCUT2D eigenvalue weighted by Gasteiger charge is -2.41. The molecule has 0 unspecified atom stereocenters. The highest BCUT2D eigenvalue weighted by molar-refractivity contribution is 7.17. The molecule has 5 heteroatoms. The van der Waals surface area contributed by atoms with Gasteiger partial charge in [-0.15, -0.1) is 11.3 Å². The zero-order valence-corrected chi connectivity index (χ0v) is 12.6. The molecule has 0 spiro atoms. The van der Waals surface area contributed by atoms with Crippen LogP contribution in [-0.2, 0) is 4.79 Å². The zero-order valence-electron chi connectivity index (χ0n) is 11.8. The minimum Gasteiger partial charge on any atom is -0.481 e. The molecule has 0 saturated heterocycles. The molecule has 1 aliphatic rings. The number of aliphatic carboxylic acids is 1. The normalized spacial score (nSPS) is 16.4. The highest BCUT2D eigenvalue weighted by Crippen LogP contribution is 2.36. The van der Waals surface area contributed by atoms with Crippen molar-refractivity contribution in [1.82, 2.24) is 5.32 Å². The van der Waals surface area contributed by atoms with Crippen molar-refractivity contribution in [2.24, 2.45) is 0 Å². The largest absolute Gasteiger partial charge is 0.481 e. The lowest BCUT2D eigenvalue weighted by atomic mass is 9.74. The summed E-state index contributed by atoms with van der Waals surface area (Å²) >= 11 is 1.54. The van der Waals surface area contributed by atoms with Crippen molar-refractivity contribution < 1.29 is 14.7 Å². The van der Waals surface area contributed by atoms with Gasteiger partial charge in [-0.3, -0.25) is 9.59 Å². The van der Waals surface area contributed by atoms with Crippen molar-refractivity contribution in [3.63, 3.8) is 0 Å². The van der Waals surface area contributed by atoms with Crippen LogP contribution in [0.1, 0.15) is 41.6 Å². The standard InChI is InChI=1S/C16H17NO3S/c1-10-3-4-11-12(9-21-13(11)7-10)15(20)17-16(5-2-6-16)8-14(18)19/h3-4,7,9H,2,5-6,8H2,1H3,(H,17,20)(H,18,19). The molecule has 1 amide bonds. The molecule has 0 aliphatic heterocycles. The van der Waals surface area contributed by atoms with Crippen LogP contribution in [0.15, 0.2) is 23.6 Å². The summed E-state index contributed by atoms with van der Waals surface area (Å²) in [7, 11) is 0. The Bertz CT molecular complexity index is 715. The van der Waals surface area contributed by atoms with Gasteiger partial charge in [-0.1, -0.05) is 12.1 Å². The third-order valence-corrected chi connectivity index (χ3v) is 5.10. The molecule has 0 bridgehead atoms. The van der Waals surface area contributed by atoms with E-state index < -0.39 is 11.5 Å². The van der Waals surface area contributed by atoms with E-state index in [0.29, 0.717) is 5.56 Å². The van der Waals surface area contributed by atoms with E-state index in [4.69, 9.17) is 5.11 Å². The molecule has 1 saturated carbocycles. The summed E-state index contributed by atoms with van der Waals surface area (Å²) in [5.74, 6) is -1.02. The number of fused-ring (bicyclic) bond motifs is 1. The van der Waals surface area contributed by atoms with E-state index in [9.17, 15) is 9.59 Å². The molecule has 0 atom stereocenters. The zero-order chi connectivity index (χ0) is 15.0. The maximum atomic E-state index is 12.5. The third-order valence-electron chi connectivity index (χ3n) is 4.15. The Kier molecular flexibility index (Phi) is 3.45. The van der Waals surface area contributed by atoms with Crippen molar-refractivity contribution >= 4 is 33.3 Å². The number of carbonyl (C=O) groups excluding carboxylic acids is 1. The number of hydrogen-bond donors (Lipinski definition) is 2. The summed E-state index contributed by atoms with van der Waals surface area (Å²) in [6.45, 7) is 2.02. The SMILES string of the molecule is Cc1ccc2c(C(=O)NC3(CC(=O)O)CCC3)csc2c1. The lowest BCUT2D eigenvalue weighted by Crippen LogP contribution is -2.54. The van der Waals surface area contributed by atoms with Gasteiger partial charge < -0.3 is 10.4 Å². The molecule has 3 rings (SSSR count). The minimum atomic E-state index is -0.860. The van der Waals surface area contributed by atoms with Crippen molar-refractivity contribution in [3.8, 4) is 0 Å². The van der Waals surface area contributed by atoms with Gasteiger partial charge in [0.05, 0.1) is 17.5 Å². The van der Waals surface area contributed by atoms with Crippen LogP contribution in [0.5, 0.6) is 0 Å². The maximum Gasteiger partial charge on any atom is 0.305 e. The third kappa shape index (κ3) is 2.65. The highest BCUT2D eigenvalue weighted by atomic mass is 32.1. The van der Waals surface area contributed by atoms with Crippen molar-refractivity contribution in [1.29, 1.82) is 0 Å². The summed E-state index contributed by atoms with van der Waals surface area (Å²) in [5, 5.41) is 14.8. The molecule has 1 aromatic carbocycles. The molecule has 1 aliphatic carbocycles. The fourth-order valence-corrected chi connectivity index (χ4v) is 3.90. The molecule has 0 radical (unpaired) electrons. The summed E-state index contributed by atoms with van der Waals surface area (Å²) in [6.07, 6.45) is 2.45. The number of rotatable bonds is 4. The Morgan fingerprint density at radius 3 is 2.76 bits per heavy atom. The Labute approximate surface area is 126 Å². The fourth-order valence-electron chi connectivity index (χ4n) is 2.86. The van der Waals surface area contributed by atoms with Crippen LogP contribution in [0, 0.1) is 6.92 Å². The highest BCUT2D eigenvalue weighted by Gasteiger charge is 2.40. The molecule has 1 aromatic heterocycles. The lowest BCUT2D eigenvalue weighted by molar-refractivity contribution is -0.139. The van der Waals surface area contributed by atoms with Crippen LogP contribution in [0.25, 0.3) is 10.1 Å². The molecule has 21 heavy (non-hydrogen) atoms. The predicted octanol–water partition coefficient (Wildman–Crippen LogP) is 3.34. The molecule has 1 heterocycles. The van der Waals surface area contributed by atoms with E-state index >= 15 is 0 Å². The molecule has 2 aromatic rings. The number of amides is 1. The monoisotopic (exact) mass is 303 g/mol. The van der Waals surface area contributed by atoms with Crippen molar-refractivity contribution in [3.05, 3.63) is 34.7 Å². The van der Waals surface area contributed by atoms with Gasteiger partial charge >= 0.3 is 5.97 Å². The van der Waals surface area contributed by atoms with E-state index in [-0.39, 0.29) is 12.3 Å². The van der Waals surface area contributed by atoms with E-state index in [1.54, 1.807) is 11.3 Å². The average molecular weight is 303 g/mol. The molecular formula is C16H17NO3S. The number of hydrogen-bond acceptors (Lipinski definition) is 3. The number of benzene rings is 1. The molecular weight excluding hydrogens is 286 g/mol. The fraction of sp³-hybridized carbons (Fsp3) is 0.375. The van der Waals surface area contributed by atoms with E-state index in [1.165, 1.54) is 0 Å². The molecule has 2 N–H and O–H groups in total. The Morgan fingerprint density at radius 2 is 2.14 bits per heavy atom. The van der Waals surface area contributed by atoms with Crippen LogP contribution in [-0.4, -0.2) is 22.5 Å². The first-order valence-corrected chi connectivity index (χ1v) is 7.89. The average Bonchev–Trinajstić information content (AvgIpc) is 2.78.